The zero-order chi connectivity index (χ0) is 15.9. The first kappa shape index (κ1) is 15.4. The highest BCUT2D eigenvalue weighted by Crippen LogP contribution is 2.25. The Kier molecular flexibility index (Phi) is 5.03. The van der Waals surface area contributed by atoms with Gasteiger partial charge in [0.15, 0.2) is 5.78 Å². The molecule has 0 spiro atoms. The zero-order valence-corrected chi connectivity index (χ0v) is 12.3. The van der Waals surface area contributed by atoms with E-state index in [1.54, 1.807) is 55.7 Å². The average molecular weight is 297 g/mol. The summed E-state index contributed by atoms with van der Waals surface area (Å²) in [5.41, 5.74) is 1.47. The van der Waals surface area contributed by atoms with Gasteiger partial charge in [0, 0.05) is 6.07 Å². The summed E-state index contributed by atoms with van der Waals surface area (Å²) in [4.78, 5) is 22.8. The number of carbonyl (C=O) groups excluding carboxylic acids is 1. The number of allylic oxidation sites excluding steroid dienone is 1. The van der Waals surface area contributed by atoms with Crippen LogP contribution in [0.4, 0.5) is 5.69 Å². The minimum absolute atomic E-state index is 0.205. The molecule has 0 saturated heterocycles. The van der Waals surface area contributed by atoms with Gasteiger partial charge < -0.3 is 9.47 Å². The fourth-order valence-corrected chi connectivity index (χ4v) is 1.95. The van der Waals surface area contributed by atoms with E-state index in [-0.39, 0.29) is 5.78 Å². The van der Waals surface area contributed by atoms with Crippen molar-refractivity contribution in [2.75, 3.05) is 14.2 Å². The second-order valence-corrected chi connectivity index (χ2v) is 4.45. The quantitative estimate of drug-likeness (QED) is 0.459. The maximum absolute atomic E-state index is 12.3. The van der Waals surface area contributed by atoms with Gasteiger partial charge in [0.25, 0.3) is 0 Å². The largest absolute Gasteiger partial charge is 0.497 e. The number of methoxy groups -OCH3 is 2. The van der Waals surface area contributed by atoms with E-state index in [9.17, 15) is 9.70 Å². The molecule has 0 radical (unpaired) electrons. The standard InChI is InChI=1S/C17H15NO4/c1-21-14-7-8-15(17(11-14)22-2)16(19)9-6-12-4-3-5-13(10-12)18-20/h3-11H,1-2H3/b9-6+. The van der Waals surface area contributed by atoms with Crippen LogP contribution in [-0.4, -0.2) is 20.0 Å². The van der Waals surface area contributed by atoms with Crippen LogP contribution in [0.5, 0.6) is 11.5 Å². The van der Waals surface area contributed by atoms with Crippen LogP contribution < -0.4 is 9.47 Å². The molecule has 0 N–H and O–H groups in total. The molecule has 0 bridgehead atoms. The number of nitroso groups, excluding NO2 is 1. The summed E-state index contributed by atoms with van der Waals surface area (Å²) in [5.74, 6) is 0.850. The Hall–Kier alpha value is -2.95. The van der Waals surface area contributed by atoms with Gasteiger partial charge in [-0.1, -0.05) is 18.2 Å². The number of rotatable bonds is 6. The molecule has 0 atom stereocenters. The predicted octanol–water partition coefficient (Wildman–Crippen LogP) is 4.00. The van der Waals surface area contributed by atoms with E-state index >= 15 is 0 Å². The third-order valence-corrected chi connectivity index (χ3v) is 3.08. The first-order chi connectivity index (χ1) is 10.7. The first-order valence-electron chi connectivity index (χ1n) is 6.56. The molecule has 0 aliphatic rings. The fourth-order valence-electron chi connectivity index (χ4n) is 1.95. The van der Waals surface area contributed by atoms with E-state index in [4.69, 9.17) is 9.47 Å². The van der Waals surface area contributed by atoms with Gasteiger partial charge in [-0.15, -0.1) is 4.91 Å². The Morgan fingerprint density at radius 3 is 2.59 bits per heavy atom. The number of ketones is 1. The predicted molar refractivity (Wildman–Crippen MR) is 84.8 cm³/mol. The van der Waals surface area contributed by atoms with E-state index in [1.165, 1.54) is 13.2 Å². The highest BCUT2D eigenvalue weighted by molar-refractivity contribution is 6.08. The second kappa shape index (κ2) is 7.17. The minimum atomic E-state index is -0.205. The summed E-state index contributed by atoms with van der Waals surface area (Å²) in [6.45, 7) is 0. The van der Waals surface area contributed by atoms with Crippen LogP contribution in [0.1, 0.15) is 15.9 Å². The van der Waals surface area contributed by atoms with Crippen LogP contribution in [0.15, 0.2) is 53.7 Å². The number of carbonyl (C=O) groups is 1. The normalized spacial score (nSPS) is 10.5. The molecule has 2 aromatic carbocycles. The molecular formula is C17H15NO4. The summed E-state index contributed by atoms with van der Waals surface area (Å²) in [6, 6.07) is 11.7. The molecule has 2 rings (SSSR count). The van der Waals surface area contributed by atoms with E-state index in [0.717, 1.165) is 5.56 Å². The van der Waals surface area contributed by atoms with Gasteiger partial charge in [0.05, 0.1) is 19.8 Å². The fraction of sp³-hybridized carbons (Fsp3) is 0.118. The number of hydrogen-bond donors (Lipinski definition) is 0. The van der Waals surface area contributed by atoms with Gasteiger partial charge in [0.2, 0.25) is 0 Å². The molecule has 5 heteroatoms. The molecular weight excluding hydrogens is 282 g/mol. The van der Waals surface area contributed by atoms with Crippen molar-refractivity contribution >= 4 is 17.5 Å². The lowest BCUT2D eigenvalue weighted by molar-refractivity contribution is 0.104. The first-order valence-corrected chi connectivity index (χ1v) is 6.56. The van der Waals surface area contributed by atoms with Gasteiger partial charge in [-0.3, -0.25) is 4.79 Å². The van der Waals surface area contributed by atoms with E-state index < -0.39 is 0 Å². The van der Waals surface area contributed by atoms with E-state index in [0.29, 0.717) is 22.7 Å². The molecule has 0 heterocycles. The lowest BCUT2D eigenvalue weighted by Gasteiger charge is -2.07. The van der Waals surface area contributed by atoms with Crippen molar-refractivity contribution in [1.29, 1.82) is 0 Å². The number of nitrogens with zero attached hydrogens (tertiary/aromatic N) is 1. The summed E-state index contributed by atoms with van der Waals surface area (Å²) in [7, 11) is 3.04. The number of hydrogen-bond acceptors (Lipinski definition) is 5. The summed E-state index contributed by atoms with van der Waals surface area (Å²) in [5, 5.41) is 2.86. The molecule has 22 heavy (non-hydrogen) atoms. The van der Waals surface area contributed by atoms with Crippen molar-refractivity contribution in [1.82, 2.24) is 0 Å². The Labute approximate surface area is 128 Å². The SMILES string of the molecule is COc1ccc(C(=O)/C=C/c2cccc(N=O)c2)c(OC)c1. The molecule has 0 amide bonds. The van der Waals surface area contributed by atoms with E-state index in [1.807, 2.05) is 0 Å². The van der Waals surface area contributed by atoms with Crippen LogP contribution in [0.2, 0.25) is 0 Å². The summed E-state index contributed by atoms with van der Waals surface area (Å²) in [6.07, 6.45) is 3.05. The average Bonchev–Trinajstić information content (AvgIpc) is 2.59. The van der Waals surface area contributed by atoms with Crippen LogP contribution in [0.25, 0.3) is 6.08 Å². The minimum Gasteiger partial charge on any atom is -0.497 e. The highest BCUT2D eigenvalue weighted by atomic mass is 16.5. The maximum atomic E-state index is 12.3. The molecule has 0 aromatic heterocycles. The lowest BCUT2D eigenvalue weighted by atomic mass is 10.1. The van der Waals surface area contributed by atoms with Crippen molar-refractivity contribution in [3.05, 3.63) is 64.6 Å². The van der Waals surface area contributed by atoms with Gasteiger partial charge >= 0.3 is 0 Å². The summed E-state index contributed by atoms with van der Waals surface area (Å²) >= 11 is 0. The van der Waals surface area contributed by atoms with Crippen molar-refractivity contribution in [2.45, 2.75) is 0 Å². The molecule has 5 nitrogen and oxygen atoms in total. The molecule has 0 saturated carbocycles. The van der Waals surface area contributed by atoms with Gasteiger partial charge in [-0.2, -0.15) is 0 Å². The van der Waals surface area contributed by atoms with Crippen molar-refractivity contribution in [2.24, 2.45) is 5.18 Å². The molecule has 0 fully saturated rings. The summed E-state index contributed by atoms with van der Waals surface area (Å²) < 4.78 is 10.3. The Morgan fingerprint density at radius 1 is 1.09 bits per heavy atom. The highest BCUT2D eigenvalue weighted by Gasteiger charge is 2.10. The van der Waals surface area contributed by atoms with Crippen LogP contribution in [0.3, 0.4) is 0 Å². The zero-order valence-electron chi connectivity index (χ0n) is 12.3. The molecule has 0 unspecified atom stereocenters. The molecule has 0 aliphatic heterocycles. The van der Waals surface area contributed by atoms with Gasteiger partial charge in [-0.05, 0) is 41.1 Å². The Balaban J connectivity index is 2.24. The lowest BCUT2D eigenvalue weighted by Crippen LogP contribution is -1.99. The second-order valence-electron chi connectivity index (χ2n) is 4.45. The van der Waals surface area contributed by atoms with Crippen molar-refractivity contribution in [3.63, 3.8) is 0 Å². The Morgan fingerprint density at radius 2 is 1.91 bits per heavy atom. The van der Waals surface area contributed by atoms with Crippen LogP contribution >= 0.6 is 0 Å². The molecule has 112 valence electrons. The van der Waals surface area contributed by atoms with Gasteiger partial charge in [0.1, 0.15) is 17.2 Å². The smallest absolute Gasteiger partial charge is 0.189 e. The monoisotopic (exact) mass is 297 g/mol. The number of benzene rings is 2. The number of ether oxygens (including phenoxy) is 2. The Bertz CT molecular complexity index is 722. The van der Waals surface area contributed by atoms with Crippen molar-refractivity contribution in [3.8, 4) is 11.5 Å². The molecule has 2 aromatic rings. The van der Waals surface area contributed by atoms with E-state index in [2.05, 4.69) is 5.18 Å². The van der Waals surface area contributed by atoms with Crippen LogP contribution in [-0.2, 0) is 0 Å². The molecule has 0 aliphatic carbocycles. The maximum Gasteiger partial charge on any atom is 0.189 e. The van der Waals surface area contributed by atoms with Gasteiger partial charge in [-0.25, -0.2) is 0 Å². The topological polar surface area (TPSA) is 65.0 Å². The third kappa shape index (κ3) is 3.58. The third-order valence-electron chi connectivity index (χ3n) is 3.08. The van der Waals surface area contributed by atoms with Crippen LogP contribution in [0, 0.1) is 4.91 Å². The van der Waals surface area contributed by atoms with Crippen molar-refractivity contribution < 1.29 is 14.3 Å².